The van der Waals surface area contributed by atoms with Crippen LogP contribution in [0.3, 0.4) is 0 Å². The molecular weight excluding hydrogens is 180 g/mol. The maximum absolute atomic E-state index is 6.06. The zero-order valence-electron chi connectivity index (χ0n) is 8.34. The average molecular weight is 198 g/mol. The number of hydrogen-bond acceptors (Lipinski definition) is 3. The maximum Gasteiger partial charge on any atom is 0.0392 e. The Bertz CT molecular complexity index is 245. The second-order valence-electron chi connectivity index (χ2n) is 3.32. The Morgan fingerprint density at radius 1 is 1.62 bits per heavy atom. The number of nitrogens with one attached hydrogen (secondary N) is 1. The van der Waals surface area contributed by atoms with Crippen LogP contribution in [0.25, 0.3) is 0 Å². The lowest BCUT2D eigenvalue weighted by molar-refractivity contribution is 0.595. The molecule has 0 aliphatic carbocycles. The van der Waals surface area contributed by atoms with Gasteiger partial charge in [0.15, 0.2) is 0 Å². The molecule has 1 rings (SSSR count). The average Bonchev–Trinajstić information content (AvgIpc) is 2.52. The predicted octanol–water partition coefficient (Wildman–Crippen LogP) is 2.06. The molecule has 3 heteroatoms. The summed E-state index contributed by atoms with van der Waals surface area (Å²) in [5, 5.41) is 5.24. The van der Waals surface area contributed by atoms with Gasteiger partial charge in [-0.05, 0) is 50.4 Å². The highest BCUT2D eigenvalue weighted by Crippen LogP contribution is 2.24. The number of aryl methyl sites for hydroxylation is 1. The lowest BCUT2D eigenvalue weighted by Crippen LogP contribution is -2.14. The fourth-order valence-corrected chi connectivity index (χ4v) is 2.36. The Kier molecular flexibility index (Phi) is 4.42. The van der Waals surface area contributed by atoms with Gasteiger partial charge in [0.2, 0.25) is 0 Å². The Labute approximate surface area is 84.2 Å². The van der Waals surface area contributed by atoms with Crippen molar-refractivity contribution in [1.29, 1.82) is 0 Å². The van der Waals surface area contributed by atoms with E-state index in [-0.39, 0.29) is 6.04 Å². The largest absolute Gasteiger partial charge is 0.323 e. The highest BCUT2D eigenvalue weighted by molar-refractivity contribution is 7.10. The first-order valence-corrected chi connectivity index (χ1v) is 5.58. The van der Waals surface area contributed by atoms with Crippen LogP contribution in [0.4, 0.5) is 0 Å². The highest BCUT2D eigenvalue weighted by Gasteiger charge is 2.09. The fourth-order valence-electron chi connectivity index (χ4n) is 1.39. The van der Waals surface area contributed by atoms with Gasteiger partial charge in [-0.2, -0.15) is 0 Å². The first-order chi connectivity index (χ1) is 6.25. The standard InChI is InChI=1S/C10H18N2S/c1-8-5-7-13-10(8)9(11)4-3-6-12-2/h5,7,9,12H,3-4,6,11H2,1-2H3. The quantitative estimate of drug-likeness (QED) is 0.711. The molecule has 1 unspecified atom stereocenters. The van der Waals surface area contributed by atoms with Gasteiger partial charge in [0.1, 0.15) is 0 Å². The Hall–Kier alpha value is -0.380. The van der Waals surface area contributed by atoms with E-state index in [1.165, 1.54) is 10.4 Å². The Morgan fingerprint density at radius 2 is 2.38 bits per heavy atom. The topological polar surface area (TPSA) is 38.0 Å². The van der Waals surface area contributed by atoms with E-state index >= 15 is 0 Å². The van der Waals surface area contributed by atoms with Crippen LogP contribution in [0.15, 0.2) is 11.4 Å². The monoisotopic (exact) mass is 198 g/mol. The van der Waals surface area contributed by atoms with Gasteiger partial charge in [0.05, 0.1) is 0 Å². The molecule has 0 amide bonds. The van der Waals surface area contributed by atoms with Gasteiger partial charge < -0.3 is 11.1 Å². The SMILES string of the molecule is CNCCCC(N)c1sccc1C. The van der Waals surface area contributed by atoms with Crippen LogP contribution in [0.5, 0.6) is 0 Å². The first kappa shape index (κ1) is 10.7. The number of nitrogens with two attached hydrogens (primary N) is 1. The molecule has 1 heterocycles. The van der Waals surface area contributed by atoms with Crippen molar-refractivity contribution in [3.63, 3.8) is 0 Å². The summed E-state index contributed by atoms with van der Waals surface area (Å²) in [5.74, 6) is 0. The first-order valence-electron chi connectivity index (χ1n) is 4.70. The summed E-state index contributed by atoms with van der Waals surface area (Å²) < 4.78 is 0. The van der Waals surface area contributed by atoms with E-state index in [9.17, 15) is 0 Å². The molecule has 3 N–H and O–H groups in total. The normalized spacial score (nSPS) is 13.2. The Morgan fingerprint density at radius 3 is 2.92 bits per heavy atom. The van der Waals surface area contributed by atoms with Crippen LogP contribution in [-0.2, 0) is 0 Å². The second-order valence-corrected chi connectivity index (χ2v) is 4.27. The van der Waals surface area contributed by atoms with Gasteiger partial charge in [-0.1, -0.05) is 0 Å². The van der Waals surface area contributed by atoms with Gasteiger partial charge in [-0.3, -0.25) is 0 Å². The summed E-state index contributed by atoms with van der Waals surface area (Å²) in [6, 6.07) is 2.37. The second kappa shape index (κ2) is 5.37. The zero-order chi connectivity index (χ0) is 9.68. The van der Waals surface area contributed by atoms with E-state index in [0.29, 0.717) is 0 Å². The van der Waals surface area contributed by atoms with Crippen LogP contribution in [0.2, 0.25) is 0 Å². The molecule has 13 heavy (non-hydrogen) atoms. The molecule has 2 nitrogen and oxygen atoms in total. The third kappa shape index (κ3) is 3.10. The number of thiophene rings is 1. The van der Waals surface area contributed by atoms with Crippen molar-refractivity contribution >= 4 is 11.3 Å². The molecule has 0 bridgehead atoms. The van der Waals surface area contributed by atoms with E-state index < -0.39 is 0 Å². The van der Waals surface area contributed by atoms with Gasteiger partial charge in [0.25, 0.3) is 0 Å². The van der Waals surface area contributed by atoms with E-state index in [0.717, 1.165) is 19.4 Å². The van der Waals surface area contributed by atoms with Crippen LogP contribution in [0.1, 0.15) is 29.3 Å². The summed E-state index contributed by atoms with van der Waals surface area (Å²) in [5.41, 5.74) is 7.40. The molecule has 0 aromatic carbocycles. The van der Waals surface area contributed by atoms with Crippen LogP contribution >= 0.6 is 11.3 Å². The molecule has 74 valence electrons. The molecule has 0 fully saturated rings. The molecule has 0 spiro atoms. The fraction of sp³-hybridized carbons (Fsp3) is 0.600. The third-order valence-electron chi connectivity index (χ3n) is 2.18. The van der Waals surface area contributed by atoms with Crippen molar-refractivity contribution < 1.29 is 0 Å². The lowest BCUT2D eigenvalue weighted by Gasteiger charge is -2.10. The van der Waals surface area contributed by atoms with Crippen molar-refractivity contribution in [1.82, 2.24) is 5.32 Å². The van der Waals surface area contributed by atoms with Crippen molar-refractivity contribution in [2.45, 2.75) is 25.8 Å². The smallest absolute Gasteiger partial charge is 0.0392 e. The number of rotatable bonds is 5. The van der Waals surface area contributed by atoms with Crippen molar-refractivity contribution in [3.8, 4) is 0 Å². The summed E-state index contributed by atoms with van der Waals surface area (Å²) >= 11 is 1.77. The van der Waals surface area contributed by atoms with E-state index in [4.69, 9.17) is 5.73 Å². The predicted molar refractivity (Wildman–Crippen MR) is 59.1 cm³/mol. The molecule has 1 aromatic rings. The number of hydrogen-bond donors (Lipinski definition) is 2. The van der Waals surface area contributed by atoms with E-state index in [1.54, 1.807) is 11.3 Å². The van der Waals surface area contributed by atoms with Crippen molar-refractivity contribution in [2.24, 2.45) is 5.73 Å². The molecule has 0 saturated heterocycles. The van der Waals surface area contributed by atoms with E-state index in [2.05, 4.69) is 23.7 Å². The molecule has 1 atom stereocenters. The summed E-state index contributed by atoms with van der Waals surface area (Å²) in [4.78, 5) is 1.34. The van der Waals surface area contributed by atoms with Gasteiger partial charge in [0, 0.05) is 10.9 Å². The molecule has 0 radical (unpaired) electrons. The molecule has 0 saturated carbocycles. The minimum absolute atomic E-state index is 0.230. The van der Waals surface area contributed by atoms with Gasteiger partial charge >= 0.3 is 0 Å². The van der Waals surface area contributed by atoms with Crippen LogP contribution < -0.4 is 11.1 Å². The molecule has 0 aliphatic rings. The Balaban J connectivity index is 2.39. The minimum Gasteiger partial charge on any atom is -0.323 e. The summed E-state index contributed by atoms with van der Waals surface area (Å²) in [6.07, 6.45) is 2.22. The van der Waals surface area contributed by atoms with Crippen LogP contribution in [0, 0.1) is 6.92 Å². The van der Waals surface area contributed by atoms with Crippen LogP contribution in [-0.4, -0.2) is 13.6 Å². The lowest BCUT2D eigenvalue weighted by atomic mass is 10.1. The third-order valence-corrected chi connectivity index (χ3v) is 3.33. The zero-order valence-corrected chi connectivity index (χ0v) is 9.16. The molecule has 0 aliphatic heterocycles. The van der Waals surface area contributed by atoms with E-state index in [1.807, 2.05) is 7.05 Å². The minimum atomic E-state index is 0.230. The maximum atomic E-state index is 6.06. The van der Waals surface area contributed by atoms with Gasteiger partial charge in [-0.15, -0.1) is 11.3 Å². The highest BCUT2D eigenvalue weighted by atomic mass is 32.1. The van der Waals surface area contributed by atoms with Crippen molar-refractivity contribution in [3.05, 3.63) is 21.9 Å². The van der Waals surface area contributed by atoms with Crippen molar-refractivity contribution in [2.75, 3.05) is 13.6 Å². The summed E-state index contributed by atoms with van der Waals surface area (Å²) in [6.45, 7) is 3.18. The molecule has 1 aromatic heterocycles. The summed E-state index contributed by atoms with van der Waals surface area (Å²) in [7, 11) is 1.97. The molecular formula is C10H18N2S. The van der Waals surface area contributed by atoms with Gasteiger partial charge in [-0.25, -0.2) is 0 Å².